The number of hydrogen-bond donors (Lipinski definition) is 0. The first-order valence-corrected chi connectivity index (χ1v) is 8.16. The topological polar surface area (TPSA) is 116 Å². The lowest BCUT2D eigenvalue weighted by Gasteiger charge is -2.21. The molecular weight excluding hydrogens is 368 g/mol. The normalized spacial score (nSPS) is 11.2. The van der Waals surface area contributed by atoms with Crippen LogP contribution in [0.1, 0.15) is 27.6 Å². The molecule has 0 aliphatic carbocycles. The maximum absolute atomic E-state index is 12.5. The standard InChI is InChI=1S/C19H18N2O7/c1-12(17(22)20(2)15-7-5-4-6-8-15)28-19(24)14-9-13(18(23)27-3)10-16(11-14)21(25)26/h4-12H,1-3H3/t12-/m1/s1. The Hall–Kier alpha value is -3.75. The van der Waals surface area contributed by atoms with Gasteiger partial charge >= 0.3 is 11.9 Å². The number of para-hydroxylation sites is 1. The number of methoxy groups -OCH3 is 1. The number of carbonyl (C=O) groups excluding carboxylic acids is 3. The Morgan fingerprint density at radius 2 is 1.61 bits per heavy atom. The first-order chi connectivity index (χ1) is 13.2. The van der Waals surface area contributed by atoms with Gasteiger partial charge in [0.25, 0.3) is 11.6 Å². The van der Waals surface area contributed by atoms with Crippen molar-refractivity contribution in [3.63, 3.8) is 0 Å². The van der Waals surface area contributed by atoms with Gasteiger partial charge in [-0.15, -0.1) is 0 Å². The molecule has 0 aliphatic rings. The largest absolute Gasteiger partial charge is 0.465 e. The molecule has 0 heterocycles. The molecule has 0 saturated carbocycles. The summed E-state index contributed by atoms with van der Waals surface area (Å²) in [4.78, 5) is 48.2. The van der Waals surface area contributed by atoms with Crippen molar-refractivity contribution in [3.05, 3.63) is 69.8 Å². The molecule has 28 heavy (non-hydrogen) atoms. The van der Waals surface area contributed by atoms with Crippen LogP contribution in [-0.4, -0.2) is 43.0 Å². The van der Waals surface area contributed by atoms with Crippen LogP contribution < -0.4 is 4.90 Å². The highest BCUT2D eigenvalue weighted by atomic mass is 16.6. The Bertz CT molecular complexity index is 912. The molecule has 1 amide bonds. The summed E-state index contributed by atoms with van der Waals surface area (Å²) in [6.45, 7) is 1.39. The fraction of sp³-hybridized carbons (Fsp3) is 0.211. The molecule has 0 N–H and O–H groups in total. The van der Waals surface area contributed by atoms with Crippen molar-refractivity contribution in [3.8, 4) is 0 Å². The number of carbonyl (C=O) groups is 3. The van der Waals surface area contributed by atoms with Crippen molar-refractivity contribution in [2.45, 2.75) is 13.0 Å². The average Bonchev–Trinajstić information content (AvgIpc) is 2.72. The number of benzene rings is 2. The van der Waals surface area contributed by atoms with Gasteiger partial charge in [-0.05, 0) is 25.1 Å². The van der Waals surface area contributed by atoms with Crippen LogP contribution in [0.3, 0.4) is 0 Å². The number of anilines is 1. The molecule has 0 saturated heterocycles. The summed E-state index contributed by atoms with van der Waals surface area (Å²) in [5.41, 5.74) is -0.283. The summed E-state index contributed by atoms with van der Waals surface area (Å²) >= 11 is 0. The molecule has 1 atom stereocenters. The van der Waals surface area contributed by atoms with E-state index < -0.39 is 34.6 Å². The fourth-order valence-electron chi connectivity index (χ4n) is 2.40. The summed E-state index contributed by atoms with van der Waals surface area (Å²) in [5.74, 6) is -2.31. The number of esters is 2. The average molecular weight is 386 g/mol. The molecule has 146 valence electrons. The van der Waals surface area contributed by atoms with E-state index in [-0.39, 0.29) is 11.1 Å². The van der Waals surface area contributed by atoms with Gasteiger partial charge in [0.15, 0.2) is 6.10 Å². The zero-order valence-corrected chi connectivity index (χ0v) is 15.4. The lowest BCUT2D eigenvalue weighted by molar-refractivity contribution is -0.384. The van der Waals surface area contributed by atoms with Crippen LogP contribution in [0, 0.1) is 10.1 Å². The third kappa shape index (κ3) is 4.70. The smallest absolute Gasteiger partial charge is 0.339 e. The van der Waals surface area contributed by atoms with Crippen molar-refractivity contribution < 1.29 is 28.8 Å². The SMILES string of the molecule is COC(=O)c1cc(C(=O)O[C@H](C)C(=O)N(C)c2ccccc2)cc([N+](=O)[O-])c1. The number of ether oxygens (including phenoxy) is 2. The van der Waals surface area contributed by atoms with Crippen LogP contribution in [0.25, 0.3) is 0 Å². The van der Waals surface area contributed by atoms with Gasteiger partial charge in [-0.2, -0.15) is 0 Å². The van der Waals surface area contributed by atoms with Crippen molar-refractivity contribution in [1.29, 1.82) is 0 Å². The van der Waals surface area contributed by atoms with E-state index in [1.807, 2.05) is 0 Å². The van der Waals surface area contributed by atoms with Crippen LogP contribution in [0.15, 0.2) is 48.5 Å². The molecule has 0 aromatic heterocycles. The van der Waals surface area contributed by atoms with Crippen molar-refractivity contribution in [2.75, 3.05) is 19.1 Å². The molecule has 9 nitrogen and oxygen atoms in total. The maximum Gasteiger partial charge on any atom is 0.339 e. The minimum absolute atomic E-state index is 0.177. The van der Waals surface area contributed by atoms with Gasteiger partial charge in [-0.1, -0.05) is 18.2 Å². The van der Waals surface area contributed by atoms with Crippen LogP contribution in [0.4, 0.5) is 11.4 Å². The van der Waals surface area contributed by atoms with E-state index in [0.717, 1.165) is 25.3 Å². The Labute approximate surface area is 160 Å². The predicted octanol–water partition coefficient (Wildman–Crippen LogP) is 2.59. The second-order valence-electron chi connectivity index (χ2n) is 5.80. The number of nitrogens with zero attached hydrogens (tertiary/aromatic N) is 2. The van der Waals surface area contributed by atoms with Gasteiger partial charge in [-0.3, -0.25) is 14.9 Å². The number of non-ortho nitro benzene ring substituents is 1. The maximum atomic E-state index is 12.5. The van der Waals surface area contributed by atoms with E-state index >= 15 is 0 Å². The van der Waals surface area contributed by atoms with Crippen molar-refractivity contribution in [2.24, 2.45) is 0 Å². The van der Waals surface area contributed by atoms with Crippen molar-refractivity contribution in [1.82, 2.24) is 0 Å². The molecule has 0 radical (unpaired) electrons. The van der Waals surface area contributed by atoms with Gasteiger partial charge in [0, 0.05) is 24.9 Å². The highest BCUT2D eigenvalue weighted by Crippen LogP contribution is 2.20. The van der Waals surface area contributed by atoms with E-state index in [2.05, 4.69) is 4.74 Å². The van der Waals surface area contributed by atoms with Gasteiger partial charge < -0.3 is 14.4 Å². The number of likely N-dealkylation sites (N-methyl/N-ethyl adjacent to an activating group) is 1. The minimum Gasteiger partial charge on any atom is -0.465 e. The zero-order chi connectivity index (χ0) is 20.8. The number of nitro groups is 1. The first kappa shape index (κ1) is 20.6. The summed E-state index contributed by atoms with van der Waals surface area (Å²) < 4.78 is 9.67. The van der Waals surface area contributed by atoms with E-state index in [4.69, 9.17) is 4.74 Å². The number of nitro benzene ring substituents is 1. The Kier molecular flexibility index (Phi) is 6.43. The molecule has 0 fully saturated rings. The third-order valence-corrected chi connectivity index (χ3v) is 3.89. The molecule has 0 aliphatic heterocycles. The van der Waals surface area contributed by atoms with Crippen LogP contribution in [-0.2, 0) is 14.3 Å². The lowest BCUT2D eigenvalue weighted by atomic mass is 10.1. The van der Waals surface area contributed by atoms with E-state index in [0.29, 0.717) is 5.69 Å². The Morgan fingerprint density at radius 3 is 2.14 bits per heavy atom. The lowest BCUT2D eigenvalue weighted by Crippen LogP contribution is -2.37. The summed E-state index contributed by atoms with van der Waals surface area (Å²) in [7, 11) is 2.64. The molecule has 0 bridgehead atoms. The van der Waals surface area contributed by atoms with Gasteiger partial charge in [-0.25, -0.2) is 9.59 Å². The highest BCUT2D eigenvalue weighted by molar-refractivity contribution is 6.00. The van der Waals surface area contributed by atoms with Crippen LogP contribution in [0.5, 0.6) is 0 Å². The predicted molar refractivity (Wildman–Crippen MR) is 99.2 cm³/mol. The van der Waals surface area contributed by atoms with E-state index in [9.17, 15) is 24.5 Å². The number of amides is 1. The Balaban J connectivity index is 2.21. The minimum atomic E-state index is -1.15. The Morgan fingerprint density at radius 1 is 1.04 bits per heavy atom. The van der Waals surface area contributed by atoms with Crippen molar-refractivity contribution >= 4 is 29.2 Å². The van der Waals surface area contributed by atoms with E-state index in [1.54, 1.807) is 30.3 Å². The number of rotatable bonds is 6. The molecule has 0 spiro atoms. The zero-order valence-electron chi connectivity index (χ0n) is 15.4. The molecule has 0 unspecified atom stereocenters. The van der Waals surface area contributed by atoms with Gasteiger partial charge in [0.05, 0.1) is 23.2 Å². The van der Waals surface area contributed by atoms with Gasteiger partial charge in [0.1, 0.15) is 0 Å². The van der Waals surface area contributed by atoms with Crippen LogP contribution in [0.2, 0.25) is 0 Å². The summed E-state index contributed by atoms with van der Waals surface area (Å²) in [5, 5.41) is 11.1. The first-order valence-electron chi connectivity index (χ1n) is 8.16. The summed E-state index contributed by atoms with van der Waals surface area (Å²) in [6.07, 6.45) is -1.15. The monoisotopic (exact) mass is 386 g/mol. The summed E-state index contributed by atoms with van der Waals surface area (Å²) in [6, 6.07) is 11.8. The highest BCUT2D eigenvalue weighted by Gasteiger charge is 2.25. The molecule has 2 aromatic rings. The quantitative estimate of drug-likeness (QED) is 0.425. The second-order valence-corrected chi connectivity index (χ2v) is 5.80. The number of hydrogen-bond acceptors (Lipinski definition) is 7. The van der Waals surface area contributed by atoms with E-state index in [1.165, 1.54) is 18.9 Å². The second kappa shape index (κ2) is 8.76. The van der Waals surface area contributed by atoms with Gasteiger partial charge in [0.2, 0.25) is 0 Å². The molecule has 2 aromatic carbocycles. The molecule has 9 heteroatoms. The fourth-order valence-corrected chi connectivity index (χ4v) is 2.40. The third-order valence-electron chi connectivity index (χ3n) is 3.89. The van der Waals surface area contributed by atoms with Crippen LogP contribution >= 0.6 is 0 Å². The molecule has 2 rings (SSSR count). The molecular formula is C19H18N2O7.